The van der Waals surface area contributed by atoms with Crippen molar-refractivity contribution in [3.63, 3.8) is 0 Å². The number of hydrogen-bond donors (Lipinski definition) is 1. The minimum Gasteiger partial charge on any atom is -0.504 e. The van der Waals surface area contributed by atoms with Gasteiger partial charge in [0.25, 0.3) is 0 Å². The Morgan fingerprint density at radius 3 is 2.33 bits per heavy atom. The van der Waals surface area contributed by atoms with Gasteiger partial charge in [-0.25, -0.2) is 0 Å². The summed E-state index contributed by atoms with van der Waals surface area (Å²) in [6.07, 6.45) is 5.22. The maximum atomic E-state index is 10.6. The fourth-order valence-corrected chi connectivity index (χ4v) is 2.48. The highest BCUT2D eigenvalue weighted by Gasteiger charge is 2.18. The first kappa shape index (κ1) is 15.6. The van der Waals surface area contributed by atoms with Gasteiger partial charge in [-0.1, -0.05) is 56.5 Å². The van der Waals surface area contributed by atoms with Crippen molar-refractivity contribution < 1.29 is 5.11 Å². The van der Waals surface area contributed by atoms with Gasteiger partial charge in [0.05, 0.1) is 0 Å². The molecule has 0 saturated heterocycles. The molecule has 3 nitrogen and oxygen atoms in total. The van der Waals surface area contributed by atoms with Gasteiger partial charge in [0, 0.05) is 12.1 Å². The minimum absolute atomic E-state index is 0.364. The van der Waals surface area contributed by atoms with Crippen molar-refractivity contribution in [2.45, 2.75) is 59.4 Å². The van der Waals surface area contributed by atoms with Crippen LogP contribution < -0.4 is 0 Å². The zero-order chi connectivity index (χ0) is 15.2. The summed E-state index contributed by atoms with van der Waals surface area (Å²) in [6, 6.07) is 8.30. The number of rotatable bonds is 7. The van der Waals surface area contributed by atoms with Gasteiger partial charge in [-0.15, -0.1) is 0 Å². The summed E-state index contributed by atoms with van der Waals surface area (Å²) in [5, 5.41) is 15.2. The smallest absolute Gasteiger partial charge is 0.164 e. The number of benzene rings is 1. The van der Waals surface area contributed by atoms with Gasteiger partial charge in [-0.3, -0.25) is 4.68 Å². The van der Waals surface area contributed by atoms with Gasteiger partial charge in [0.2, 0.25) is 0 Å². The summed E-state index contributed by atoms with van der Waals surface area (Å²) in [4.78, 5) is 0. The molecule has 1 heterocycles. The molecule has 0 spiro atoms. The molecule has 1 N–H and O–H groups in total. The Bertz CT molecular complexity index is 570. The van der Waals surface area contributed by atoms with E-state index in [-0.39, 0.29) is 0 Å². The molecule has 2 rings (SSSR count). The van der Waals surface area contributed by atoms with Gasteiger partial charge < -0.3 is 5.11 Å². The van der Waals surface area contributed by atoms with E-state index in [0.29, 0.717) is 5.75 Å². The fraction of sp³-hybridized carbons (Fsp3) is 0.500. The van der Waals surface area contributed by atoms with Crippen LogP contribution in [0.5, 0.6) is 5.75 Å². The van der Waals surface area contributed by atoms with Crippen molar-refractivity contribution in [3.05, 3.63) is 35.5 Å². The van der Waals surface area contributed by atoms with E-state index < -0.39 is 0 Å². The highest BCUT2D eigenvalue weighted by atomic mass is 16.3. The Labute approximate surface area is 127 Å². The molecule has 21 heavy (non-hydrogen) atoms. The third-order valence-corrected chi connectivity index (χ3v) is 3.81. The molecule has 114 valence electrons. The van der Waals surface area contributed by atoms with Crippen LogP contribution in [0.1, 0.15) is 50.8 Å². The summed E-state index contributed by atoms with van der Waals surface area (Å²) in [6.45, 7) is 7.27. The lowest BCUT2D eigenvalue weighted by Gasteiger charge is -2.07. The van der Waals surface area contributed by atoms with Gasteiger partial charge in [-0.2, -0.15) is 5.10 Å². The number of unbranched alkanes of at least 4 members (excludes halogenated alkanes) is 2. The molecule has 0 aliphatic heterocycles. The number of nitrogens with zero attached hydrogens (tertiary/aromatic N) is 2. The molecule has 0 fully saturated rings. The van der Waals surface area contributed by atoms with E-state index in [9.17, 15) is 5.11 Å². The average molecular weight is 286 g/mol. The molecule has 0 radical (unpaired) electrons. The van der Waals surface area contributed by atoms with Crippen LogP contribution >= 0.6 is 0 Å². The fourth-order valence-electron chi connectivity index (χ4n) is 2.48. The molecular weight excluding hydrogens is 260 g/mol. The van der Waals surface area contributed by atoms with Gasteiger partial charge in [0.1, 0.15) is 11.4 Å². The second kappa shape index (κ2) is 7.30. The molecule has 1 aromatic carbocycles. The highest BCUT2D eigenvalue weighted by Crippen LogP contribution is 2.33. The Hall–Kier alpha value is -1.77. The summed E-state index contributed by atoms with van der Waals surface area (Å²) in [5.74, 6) is 0.364. The van der Waals surface area contributed by atoms with Crippen molar-refractivity contribution in [1.82, 2.24) is 9.78 Å². The van der Waals surface area contributed by atoms with E-state index in [1.54, 1.807) is 0 Å². The van der Waals surface area contributed by atoms with Gasteiger partial charge >= 0.3 is 0 Å². The lowest BCUT2D eigenvalue weighted by molar-refractivity contribution is 0.468. The number of aromatic hydroxyl groups is 1. The molecule has 0 saturated carbocycles. The minimum atomic E-state index is 0.364. The maximum Gasteiger partial charge on any atom is 0.164 e. The van der Waals surface area contributed by atoms with E-state index in [1.165, 1.54) is 5.56 Å². The molecule has 0 aliphatic carbocycles. The van der Waals surface area contributed by atoms with Crippen molar-refractivity contribution in [1.29, 1.82) is 0 Å². The third-order valence-electron chi connectivity index (χ3n) is 3.81. The standard InChI is InChI=1S/C18H26N2O/c1-4-6-8-16-18(21)17(20(19-16)13-7-5-2)15-11-9-14(3)10-12-15/h9-12,21H,4-8,13H2,1-3H3. The van der Waals surface area contributed by atoms with Crippen LogP contribution in [0.25, 0.3) is 11.3 Å². The van der Waals surface area contributed by atoms with E-state index in [4.69, 9.17) is 0 Å². The summed E-state index contributed by atoms with van der Waals surface area (Å²) >= 11 is 0. The predicted octanol–water partition coefficient (Wildman–Crippen LogP) is 4.71. The summed E-state index contributed by atoms with van der Waals surface area (Å²) < 4.78 is 1.98. The Balaban J connectivity index is 2.40. The number of hydrogen-bond acceptors (Lipinski definition) is 2. The second-order valence-corrected chi connectivity index (χ2v) is 5.69. The molecule has 1 aromatic heterocycles. The topological polar surface area (TPSA) is 38.0 Å². The lowest BCUT2D eigenvalue weighted by Crippen LogP contribution is -2.02. The Morgan fingerprint density at radius 1 is 1.05 bits per heavy atom. The van der Waals surface area contributed by atoms with E-state index in [0.717, 1.165) is 55.6 Å². The zero-order valence-corrected chi connectivity index (χ0v) is 13.4. The van der Waals surface area contributed by atoms with Crippen LogP contribution in [0, 0.1) is 6.92 Å². The first-order valence-electron chi connectivity index (χ1n) is 8.03. The zero-order valence-electron chi connectivity index (χ0n) is 13.4. The SMILES string of the molecule is CCCCc1nn(CCCC)c(-c2ccc(C)cc2)c1O. The molecule has 0 atom stereocenters. The Morgan fingerprint density at radius 2 is 1.71 bits per heavy atom. The predicted molar refractivity (Wildman–Crippen MR) is 87.6 cm³/mol. The van der Waals surface area contributed by atoms with Crippen LogP contribution in [-0.4, -0.2) is 14.9 Å². The normalized spacial score (nSPS) is 11.0. The number of aryl methyl sites for hydroxylation is 3. The van der Waals surface area contributed by atoms with Gasteiger partial charge in [0.15, 0.2) is 5.75 Å². The third kappa shape index (κ3) is 3.66. The van der Waals surface area contributed by atoms with Gasteiger partial charge in [-0.05, 0) is 26.2 Å². The first-order chi connectivity index (χ1) is 10.2. The molecule has 0 bridgehead atoms. The maximum absolute atomic E-state index is 10.6. The van der Waals surface area contributed by atoms with Crippen LogP contribution in [-0.2, 0) is 13.0 Å². The van der Waals surface area contributed by atoms with Crippen molar-refractivity contribution >= 4 is 0 Å². The summed E-state index contributed by atoms with van der Waals surface area (Å²) in [5.41, 5.74) is 3.98. The van der Waals surface area contributed by atoms with Crippen molar-refractivity contribution in [2.24, 2.45) is 0 Å². The van der Waals surface area contributed by atoms with E-state index in [1.807, 2.05) is 4.68 Å². The largest absolute Gasteiger partial charge is 0.504 e. The van der Waals surface area contributed by atoms with Crippen LogP contribution in [0.15, 0.2) is 24.3 Å². The molecule has 0 amide bonds. The average Bonchev–Trinajstić information content (AvgIpc) is 2.80. The molecule has 0 unspecified atom stereocenters. The summed E-state index contributed by atoms with van der Waals surface area (Å²) in [7, 11) is 0. The van der Waals surface area contributed by atoms with Crippen molar-refractivity contribution in [2.75, 3.05) is 0 Å². The van der Waals surface area contributed by atoms with Crippen molar-refractivity contribution in [3.8, 4) is 17.0 Å². The highest BCUT2D eigenvalue weighted by molar-refractivity contribution is 5.68. The number of aromatic nitrogens is 2. The molecule has 2 aromatic rings. The molecule has 0 aliphatic rings. The van der Waals surface area contributed by atoms with E-state index in [2.05, 4.69) is 50.1 Å². The molecular formula is C18H26N2O. The monoisotopic (exact) mass is 286 g/mol. The first-order valence-corrected chi connectivity index (χ1v) is 8.03. The molecule has 3 heteroatoms. The lowest BCUT2D eigenvalue weighted by atomic mass is 10.1. The second-order valence-electron chi connectivity index (χ2n) is 5.69. The van der Waals surface area contributed by atoms with Crippen LogP contribution in [0.4, 0.5) is 0 Å². The quantitative estimate of drug-likeness (QED) is 0.800. The van der Waals surface area contributed by atoms with Crippen LogP contribution in [0.2, 0.25) is 0 Å². The van der Waals surface area contributed by atoms with Crippen LogP contribution in [0.3, 0.4) is 0 Å². The van der Waals surface area contributed by atoms with E-state index >= 15 is 0 Å². The Kier molecular flexibility index (Phi) is 5.43.